The van der Waals surface area contributed by atoms with Crippen LogP contribution in [-0.4, -0.2) is 32.7 Å². The Morgan fingerprint density at radius 2 is 2.00 bits per heavy atom. The Balaban J connectivity index is 1.56. The van der Waals surface area contributed by atoms with Crippen molar-refractivity contribution in [2.75, 3.05) is 7.11 Å². The van der Waals surface area contributed by atoms with E-state index in [4.69, 9.17) is 9.26 Å². The first-order valence-electron chi connectivity index (χ1n) is 7.20. The average Bonchev–Trinajstić information content (AvgIpc) is 3.23. The minimum atomic E-state index is 0.206. The Kier molecular flexibility index (Phi) is 3.10. The van der Waals surface area contributed by atoms with Crippen molar-refractivity contribution in [3.8, 4) is 17.1 Å². The molecule has 0 saturated heterocycles. The number of fused-ring (bicyclic) bond motifs is 1. The van der Waals surface area contributed by atoms with E-state index in [0.29, 0.717) is 11.7 Å². The Morgan fingerprint density at radius 3 is 2.82 bits per heavy atom. The highest BCUT2D eigenvalue weighted by atomic mass is 16.5. The first-order chi connectivity index (χ1) is 10.8. The molecule has 0 aliphatic heterocycles. The molecular weight excluding hydrogens is 282 g/mol. The van der Waals surface area contributed by atoms with Gasteiger partial charge in [-0.1, -0.05) is 5.16 Å². The number of aromatic nitrogens is 5. The molecule has 0 bridgehead atoms. The maximum absolute atomic E-state index is 5.46. The number of aromatic amines is 1. The molecule has 2 heterocycles. The maximum Gasteiger partial charge on any atom is 0.230 e. The molecule has 0 amide bonds. The van der Waals surface area contributed by atoms with Crippen molar-refractivity contribution in [3.63, 3.8) is 0 Å². The molecule has 112 valence electrons. The third-order valence-electron chi connectivity index (χ3n) is 4.01. The molecule has 1 unspecified atom stereocenters. The van der Waals surface area contributed by atoms with E-state index in [2.05, 4.69) is 25.6 Å². The second-order valence-corrected chi connectivity index (χ2v) is 5.34. The van der Waals surface area contributed by atoms with Gasteiger partial charge in [0, 0.05) is 17.9 Å². The molecule has 4 rings (SSSR count). The Morgan fingerprint density at radius 1 is 1.18 bits per heavy atom. The molecule has 3 aromatic rings. The van der Waals surface area contributed by atoms with Gasteiger partial charge in [-0.15, -0.1) is 0 Å². The second-order valence-electron chi connectivity index (χ2n) is 5.34. The molecule has 1 aliphatic carbocycles. The van der Waals surface area contributed by atoms with Gasteiger partial charge in [-0.3, -0.25) is 0 Å². The SMILES string of the molecule is COc1ccc(-c2noc(C3CCc4n[nH]nc4C3)n2)cc1. The van der Waals surface area contributed by atoms with Crippen LogP contribution in [0.2, 0.25) is 0 Å². The van der Waals surface area contributed by atoms with Crippen LogP contribution in [0, 0.1) is 0 Å². The van der Waals surface area contributed by atoms with E-state index in [1.807, 2.05) is 24.3 Å². The van der Waals surface area contributed by atoms with Gasteiger partial charge in [0.2, 0.25) is 11.7 Å². The Bertz CT molecular complexity index is 777. The van der Waals surface area contributed by atoms with Crippen molar-refractivity contribution in [2.45, 2.75) is 25.2 Å². The summed E-state index contributed by atoms with van der Waals surface area (Å²) < 4.78 is 10.6. The Labute approximate surface area is 126 Å². The number of hydrogen-bond donors (Lipinski definition) is 1. The molecule has 2 aromatic heterocycles. The van der Waals surface area contributed by atoms with Gasteiger partial charge >= 0.3 is 0 Å². The number of benzene rings is 1. The molecule has 1 N–H and O–H groups in total. The highest BCUT2D eigenvalue weighted by Crippen LogP contribution is 2.31. The number of ether oxygens (including phenoxy) is 1. The van der Waals surface area contributed by atoms with E-state index in [-0.39, 0.29) is 5.92 Å². The van der Waals surface area contributed by atoms with Crippen molar-refractivity contribution in [3.05, 3.63) is 41.5 Å². The summed E-state index contributed by atoms with van der Waals surface area (Å²) in [7, 11) is 1.64. The number of H-pyrrole nitrogens is 1. The number of nitrogens with one attached hydrogen (secondary N) is 1. The minimum Gasteiger partial charge on any atom is -0.497 e. The summed E-state index contributed by atoms with van der Waals surface area (Å²) in [5, 5.41) is 15.1. The fraction of sp³-hybridized carbons (Fsp3) is 0.333. The van der Waals surface area contributed by atoms with E-state index >= 15 is 0 Å². The van der Waals surface area contributed by atoms with E-state index in [1.54, 1.807) is 7.11 Å². The molecule has 0 fully saturated rings. The van der Waals surface area contributed by atoms with Gasteiger partial charge in [0.05, 0.1) is 18.5 Å². The average molecular weight is 297 g/mol. The standard InChI is InChI=1S/C15H15N5O2/c1-21-11-5-2-9(3-6-11)14-16-15(22-19-14)10-4-7-12-13(8-10)18-20-17-12/h2-3,5-6,10H,4,7-8H2,1H3,(H,17,18,20). The van der Waals surface area contributed by atoms with Crippen LogP contribution in [0.15, 0.2) is 28.8 Å². The van der Waals surface area contributed by atoms with Crippen molar-refractivity contribution in [1.82, 2.24) is 25.6 Å². The summed E-state index contributed by atoms with van der Waals surface area (Å²) >= 11 is 0. The lowest BCUT2D eigenvalue weighted by molar-refractivity contribution is 0.339. The van der Waals surface area contributed by atoms with Crippen molar-refractivity contribution < 1.29 is 9.26 Å². The van der Waals surface area contributed by atoms with Gasteiger partial charge in [-0.05, 0) is 37.1 Å². The molecule has 0 spiro atoms. The summed E-state index contributed by atoms with van der Waals surface area (Å²) in [6.07, 6.45) is 2.62. The van der Waals surface area contributed by atoms with Crippen LogP contribution in [0.3, 0.4) is 0 Å². The zero-order valence-electron chi connectivity index (χ0n) is 12.1. The third kappa shape index (κ3) is 2.24. The van der Waals surface area contributed by atoms with Gasteiger partial charge in [0.15, 0.2) is 0 Å². The molecule has 7 nitrogen and oxygen atoms in total. The summed E-state index contributed by atoms with van der Waals surface area (Å²) in [6.45, 7) is 0. The highest BCUT2D eigenvalue weighted by Gasteiger charge is 2.27. The van der Waals surface area contributed by atoms with Crippen LogP contribution < -0.4 is 4.74 Å². The van der Waals surface area contributed by atoms with Gasteiger partial charge in [0.1, 0.15) is 5.75 Å². The Hall–Kier alpha value is -2.70. The maximum atomic E-state index is 5.46. The quantitative estimate of drug-likeness (QED) is 0.796. The van der Waals surface area contributed by atoms with E-state index in [0.717, 1.165) is 42.0 Å². The van der Waals surface area contributed by atoms with Gasteiger partial charge in [-0.25, -0.2) is 0 Å². The van der Waals surface area contributed by atoms with E-state index in [9.17, 15) is 0 Å². The summed E-state index contributed by atoms with van der Waals surface area (Å²) in [5.41, 5.74) is 2.96. The molecule has 7 heteroatoms. The van der Waals surface area contributed by atoms with Crippen LogP contribution in [0.4, 0.5) is 0 Å². The van der Waals surface area contributed by atoms with Gasteiger partial charge in [-0.2, -0.15) is 20.4 Å². The lowest BCUT2D eigenvalue weighted by Crippen LogP contribution is -2.13. The topological polar surface area (TPSA) is 89.7 Å². The van der Waals surface area contributed by atoms with Crippen molar-refractivity contribution in [1.29, 1.82) is 0 Å². The second kappa shape index (κ2) is 5.25. The number of nitrogens with zero attached hydrogens (tertiary/aromatic N) is 4. The lowest BCUT2D eigenvalue weighted by atomic mass is 9.90. The summed E-state index contributed by atoms with van der Waals surface area (Å²) in [4.78, 5) is 4.54. The first-order valence-corrected chi connectivity index (χ1v) is 7.20. The number of hydrogen-bond acceptors (Lipinski definition) is 6. The normalized spacial score (nSPS) is 17.2. The highest BCUT2D eigenvalue weighted by molar-refractivity contribution is 5.55. The number of aryl methyl sites for hydroxylation is 1. The van der Waals surface area contributed by atoms with Crippen LogP contribution in [0.25, 0.3) is 11.4 Å². The van der Waals surface area contributed by atoms with E-state index < -0.39 is 0 Å². The summed E-state index contributed by atoms with van der Waals surface area (Å²) in [5.74, 6) is 2.28. The molecule has 22 heavy (non-hydrogen) atoms. The zero-order chi connectivity index (χ0) is 14.9. The van der Waals surface area contributed by atoms with Crippen LogP contribution in [0.5, 0.6) is 5.75 Å². The molecule has 0 saturated carbocycles. The smallest absolute Gasteiger partial charge is 0.230 e. The molecule has 1 aromatic carbocycles. The van der Waals surface area contributed by atoms with Gasteiger partial charge < -0.3 is 9.26 Å². The van der Waals surface area contributed by atoms with Crippen LogP contribution >= 0.6 is 0 Å². The number of rotatable bonds is 3. The zero-order valence-corrected chi connectivity index (χ0v) is 12.1. The third-order valence-corrected chi connectivity index (χ3v) is 4.01. The predicted molar refractivity (Wildman–Crippen MR) is 77.4 cm³/mol. The van der Waals surface area contributed by atoms with E-state index in [1.165, 1.54) is 0 Å². The van der Waals surface area contributed by atoms with Crippen LogP contribution in [-0.2, 0) is 12.8 Å². The van der Waals surface area contributed by atoms with Crippen molar-refractivity contribution >= 4 is 0 Å². The van der Waals surface area contributed by atoms with Gasteiger partial charge in [0.25, 0.3) is 0 Å². The molecule has 1 aliphatic rings. The summed E-state index contributed by atoms with van der Waals surface area (Å²) in [6, 6.07) is 7.61. The molecule has 1 atom stereocenters. The molecular formula is C15H15N5O2. The molecule has 0 radical (unpaired) electrons. The van der Waals surface area contributed by atoms with Crippen molar-refractivity contribution in [2.24, 2.45) is 0 Å². The lowest BCUT2D eigenvalue weighted by Gasteiger charge is -2.15. The monoisotopic (exact) mass is 297 g/mol. The minimum absolute atomic E-state index is 0.206. The predicted octanol–water partition coefficient (Wildman–Crippen LogP) is 2.14. The fourth-order valence-electron chi connectivity index (χ4n) is 2.75. The van der Waals surface area contributed by atoms with Crippen LogP contribution in [0.1, 0.15) is 29.6 Å². The first kappa shape index (κ1) is 13.0. The fourth-order valence-corrected chi connectivity index (χ4v) is 2.75. The largest absolute Gasteiger partial charge is 0.497 e. The number of methoxy groups -OCH3 is 1.